The molecular formula is C10H12FN. The van der Waals surface area contributed by atoms with E-state index in [4.69, 9.17) is 0 Å². The topological polar surface area (TPSA) is 12.0 Å². The number of halogens is 1. The second-order valence-electron chi connectivity index (χ2n) is 3.52. The molecule has 0 radical (unpaired) electrons. The molecule has 0 saturated carbocycles. The molecule has 1 saturated heterocycles. The Bertz CT molecular complexity index is 292. The van der Waals surface area contributed by atoms with Gasteiger partial charge in [0.1, 0.15) is 5.82 Å². The zero-order valence-corrected chi connectivity index (χ0v) is 7.10. The van der Waals surface area contributed by atoms with Crippen LogP contribution in [0.4, 0.5) is 4.39 Å². The Morgan fingerprint density at radius 2 is 2.25 bits per heavy atom. The summed E-state index contributed by atoms with van der Waals surface area (Å²) < 4.78 is 12.8. The summed E-state index contributed by atoms with van der Waals surface area (Å²) in [5.41, 5.74) is 1.07. The van der Waals surface area contributed by atoms with E-state index in [0.717, 1.165) is 18.5 Å². The number of benzene rings is 1. The summed E-state index contributed by atoms with van der Waals surface area (Å²) in [6.07, 6.45) is 1.09. The summed E-state index contributed by atoms with van der Waals surface area (Å²) in [5.74, 6) is -0.151. The molecule has 1 fully saturated rings. The average molecular weight is 165 g/mol. The molecular weight excluding hydrogens is 153 g/mol. The van der Waals surface area contributed by atoms with Gasteiger partial charge in [-0.3, -0.25) is 0 Å². The van der Waals surface area contributed by atoms with Crippen LogP contribution >= 0.6 is 0 Å². The first kappa shape index (κ1) is 7.74. The molecule has 2 heteroatoms. The molecule has 0 bridgehead atoms. The molecule has 0 aliphatic carbocycles. The largest absolute Gasteiger partial charge is 0.307 e. The summed E-state index contributed by atoms with van der Waals surface area (Å²) in [4.78, 5) is 0. The van der Waals surface area contributed by atoms with Crippen molar-refractivity contribution in [3.8, 4) is 0 Å². The third-order valence-electron chi connectivity index (χ3n) is 2.60. The molecule has 1 aromatic carbocycles. The maximum atomic E-state index is 12.8. The molecule has 0 spiro atoms. The van der Waals surface area contributed by atoms with Crippen molar-refractivity contribution in [1.82, 2.24) is 5.32 Å². The molecule has 1 heterocycles. The minimum Gasteiger partial charge on any atom is -0.307 e. The normalized spacial score (nSPS) is 28.2. The van der Waals surface area contributed by atoms with Crippen molar-refractivity contribution in [3.05, 3.63) is 35.6 Å². The van der Waals surface area contributed by atoms with E-state index >= 15 is 0 Å². The van der Waals surface area contributed by atoms with E-state index in [1.165, 1.54) is 6.07 Å². The average Bonchev–Trinajstić information content (AvgIpc) is 2.00. The van der Waals surface area contributed by atoms with Crippen LogP contribution in [0.3, 0.4) is 0 Å². The fraction of sp³-hybridized carbons (Fsp3) is 0.400. The lowest BCUT2D eigenvalue weighted by Crippen LogP contribution is -2.51. The maximum absolute atomic E-state index is 12.8. The molecule has 64 valence electrons. The molecule has 1 nitrogen and oxygen atoms in total. The zero-order valence-electron chi connectivity index (χ0n) is 7.10. The highest BCUT2D eigenvalue weighted by molar-refractivity contribution is 5.26. The highest BCUT2D eigenvalue weighted by atomic mass is 19.1. The quantitative estimate of drug-likeness (QED) is 0.671. The van der Waals surface area contributed by atoms with Crippen molar-refractivity contribution < 1.29 is 4.39 Å². The van der Waals surface area contributed by atoms with Gasteiger partial charge in [0.15, 0.2) is 0 Å². The van der Waals surface area contributed by atoms with E-state index in [1.54, 1.807) is 12.1 Å². The van der Waals surface area contributed by atoms with Crippen molar-refractivity contribution in [1.29, 1.82) is 0 Å². The molecule has 1 aliphatic heterocycles. The monoisotopic (exact) mass is 165 g/mol. The highest BCUT2D eigenvalue weighted by Gasteiger charge is 2.32. The van der Waals surface area contributed by atoms with Gasteiger partial charge in [-0.15, -0.1) is 0 Å². The lowest BCUT2D eigenvalue weighted by molar-refractivity contribution is 0.236. The number of rotatable bonds is 1. The van der Waals surface area contributed by atoms with E-state index in [2.05, 4.69) is 12.2 Å². The molecule has 1 unspecified atom stereocenters. The van der Waals surface area contributed by atoms with Crippen molar-refractivity contribution >= 4 is 0 Å². The molecule has 1 N–H and O–H groups in total. The van der Waals surface area contributed by atoms with E-state index in [0.29, 0.717) is 0 Å². The summed E-state index contributed by atoms with van der Waals surface area (Å²) in [6.45, 7) is 3.14. The number of hydrogen-bond acceptors (Lipinski definition) is 1. The Morgan fingerprint density at radius 1 is 1.50 bits per heavy atom. The molecule has 0 amide bonds. The first-order chi connectivity index (χ1) is 5.71. The van der Waals surface area contributed by atoms with Gasteiger partial charge in [-0.25, -0.2) is 4.39 Å². The van der Waals surface area contributed by atoms with Crippen molar-refractivity contribution in [2.75, 3.05) is 6.54 Å². The van der Waals surface area contributed by atoms with Crippen LogP contribution in [0.25, 0.3) is 0 Å². The van der Waals surface area contributed by atoms with Crippen molar-refractivity contribution in [2.24, 2.45) is 0 Å². The Morgan fingerprint density at radius 3 is 2.75 bits per heavy atom. The van der Waals surface area contributed by atoms with E-state index in [-0.39, 0.29) is 11.4 Å². The fourth-order valence-corrected chi connectivity index (χ4v) is 1.58. The summed E-state index contributed by atoms with van der Waals surface area (Å²) in [7, 11) is 0. The third-order valence-corrected chi connectivity index (χ3v) is 2.60. The predicted octanol–water partition coefficient (Wildman–Crippen LogP) is 2.03. The van der Waals surface area contributed by atoms with Crippen LogP contribution in [0.1, 0.15) is 18.9 Å². The first-order valence-corrected chi connectivity index (χ1v) is 4.22. The third kappa shape index (κ3) is 1.12. The van der Waals surface area contributed by atoms with Gasteiger partial charge < -0.3 is 5.32 Å². The second-order valence-corrected chi connectivity index (χ2v) is 3.52. The van der Waals surface area contributed by atoms with Crippen LogP contribution in [0.5, 0.6) is 0 Å². The van der Waals surface area contributed by atoms with Gasteiger partial charge in [-0.1, -0.05) is 12.1 Å². The lowest BCUT2D eigenvalue weighted by Gasteiger charge is -2.40. The highest BCUT2D eigenvalue weighted by Crippen LogP contribution is 2.30. The van der Waals surface area contributed by atoms with Crippen LogP contribution in [0.2, 0.25) is 0 Å². The van der Waals surface area contributed by atoms with Gasteiger partial charge in [0.2, 0.25) is 0 Å². The van der Waals surface area contributed by atoms with E-state index in [1.807, 2.05) is 6.07 Å². The molecule has 12 heavy (non-hydrogen) atoms. The zero-order chi connectivity index (χ0) is 8.60. The van der Waals surface area contributed by atoms with Gasteiger partial charge in [-0.2, -0.15) is 0 Å². The molecule has 1 aromatic rings. The second kappa shape index (κ2) is 2.56. The molecule has 0 aromatic heterocycles. The van der Waals surface area contributed by atoms with Gasteiger partial charge in [0.05, 0.1) is 0 Å². The summed E-state index contributed by atoms with van der Waals surface area (Å²) in [6, 6.07) is 6.81. The Balaban J connectivity index is 2.33. The van der Waals surface area contributed by atoms with Crippen LogP contribution in [0, 0.1) is 5.82 Å². The molecule has 1 atom stereocenters. The number of hydrogen-bond donors (Lipinski definition) is 1. The minimum atomic E-state index is -0.151. The molecule has 1 aliphatic rings. The van der Waals surface area contributed by atoms with Gasteiger partial charge in [0, 0.05) is 5.54 Å². The Kier molecular flexibility index (Phi) is 1.65. The van der Waals surface area contributed by atoms with Crippen molar-refractivity contribution in [3.63, 3.8) is 0 Å². The Hall–Kier alpha value is -0.890. The van der Waals surface area contributed by atoms with E-state index in [9.17, 15) is 4.39 Å². The Labute approximate surface area is 71.6 Å². The molecule has 2 rings (SSSR count). The van der Waals surface area contributed by atoms with Crippen molar-refractivity contribution in [2.45, 2.75) is 18.9 Å². The fourth-order valence-electron chi connectivity index (χ4n) is 1.58. The van der Waals surface area contributed by atoms with Gasteiger partial charge >= 0.3 is 0 Å². The lowest BCUT2D eigenvalue weighted by atomic mass is 9.83. The summed E-state index contributed by atoms with van der Waals surface area (Å²) in [5, 5.41) is 3.30. The van der Waals surface area contributed by atoms with E-state index < -0.39 is 0 Å². The smallest absolute Gasteiger partial charge is 0.123 e. The van der Waals surface area contributed by atoms with Crippen LogP contribution < -0.4 is 5.32 Å². The SMILES string of the molecule is CC1(c2cccc(F)c2)CCN1. The minimum absolute atomic E-state index is 0.0160. The predicted molar refractivity (Wildman–Crippen MR) is 46.4 cm³/mol. The van der Waals surface area contributed by atoms with Gasteiger partial charge in [0.25, 0.3) is 0 Å². The van der Waals surface area contributed by atoms with Crippen LogP contribution in [0.15, 0.2) is 24.3 Å². The van der Waals surface area contributed by atoms with Crippen LogP contribution in [-0.4, -0.2) is 6.54 Å². The standard InChI is InChI=1S/C10H12FN/c1-10(5-6-12-10)8-3-2-4-9(11)7-8/h2-4,7,12H,5-6H2,1H3. The summed E-state index contributed by atoms with van der Waals surface area (Å²) >= 11 is 0. The first-order valence-electron chi connectivity index (χ1n) is 4.22. The van der Waals surface area contributed by atoms with Gasteiger partial charge in [-0.05, 0) is 37.6 Å². The van der Waals surface area contributed by atoms with Crippen LogP contribution in [-0.2, 0) is 5.54 Å². The number of nitrogens with one attached hydrogen (secondary N) is 1. The maximum Gasteiger partial charge on any atom is 0.123 e.